The van der Waals surface area contributed by atoms with Gasteiger partial charge in [0.25, 0.3) is 11.5 Å². The molecule has 0 saturated heterocycles. The van der Waals surface area contributed by atoms with Crippen molar-refractivity contribution >= 4 is 5.91 Å². The molecule has 0 aliphatic rings. The van der Waals surface area contributed by atoms with Crippen LogP contribution >= 0.6 is 0 Å². The van der Waals surface area contributed by atoms with Crippen molar-refractivity contribution in [1.82, 2.24) is 19.7 Å². The highest BCUT2D eigenvalue weighted by molar-refractivity contribution is 5.91. The minimum Gasteiger partial charge on any atom is -0.351 e. The second kappa shape index (κ2) is 8.68. The molecule has 0 saturated carbocycles. The van der Waals surface area contributed by atoms with Crippen molar-refractivity contribution in [2.45, 2.75) is 33.2 Å². The summed E-state index contributed by atoms with van der Waals surface area (Å²) in [6.07, 6.45) is 0. The number of nitrogens with zero attached hydrogens (tertiary/aromatic N) is 3. The first-order valence-electron chi connectivity index (χ1n) is 9.59. The molecule has 29 heavy (non-hydrogen) atoms. The van der Waals surface area contributed by atoms with Crippen LogP contribution in [0.5, 0.6) is 0 Å². The molecule has 7 nitrogen and oxygen atoms in total. The van der Waals surface area contributed by atoms with E-state index in [1.807, 2.05) is 42.5 Å². The van der Waals surface area contributed by atoms with Crippen molar-refractivity contribution in [2.24, 2.45) is 0 Å². The first kappa shape index (κ1) is 20.3. The number of amides is 1. The SMILES string of the molecule is CCNC(=O)c1nn(-c2ccc(C(C)C)cc2)c(=O)n(Cc2ccccc2)c1=O. The third-order valence-corrected chi connectivity index (χ3v) is 4.60. The van der Waals surface area contributed by atoms with Crippen molar-refractivity contribution in [3.05, 3.63) is 92.3 Å². The number of carbonyl (C=O) groups excluding carboxylic acids is 1. The molecule has 7 heteroatoms. The maximum atomic E-state index is 13.1. The molecule has 0 aliphatic carbocycles. The van der Waals surface area contributed by atoms with Gasteiger partial charge < -0.3 is 5.32 Å². The first-order valence-corrected chi connectivity index (χ1v) is 9.59. The Kier molecular flexibility index (Phi) is 6.07. The van der Waals surface area contributed by atoms with Gasteiger partial charge >= 0.3 is 5.69 Å². The summed E-state index contributed by atoms with van der Waals surface area (Å²) in [4.78, 5) is 38.3. The van der Waals surface area contributed by atoms with E-state index < -0.39 is 17.2 Å². The molecule has 0 bridgehead atoms. The van der Waals surface area contributed by atoms with Crippen LogP contribution in [-0.2, 0) is 6.54 Å². The van der Waals surface area contributed by atoms with Gasteiger partial charge in [-0.2, -0.15) is 9.78 Å². The fraction of sp³-hybridized carbons (Fsp3) is 0.273. The lowest BCUT2D eigenvalue weighted by atomic mass is 10.0. The molecule has 0 unspecified atom stereocenters. The molecule has 1 heterocycles. The van der Waals surface area contributed by atoms with Crippen molar-refractivity contribution in [3.8, 4) is 5.69 Å². The second-order valence-corrected chi connectivity index (χ2v) is 7.03. The minimum atomic E-state index is -0.708. The van der Waals surface area contributed by atoms with Crippen LogP contribution < -0.4 is 16.6 Å². The van der Waals surface area contributed by atoms with E-state index in [0.717, 1.165) is 20.4 Å². The predicted octanol–water partition coefficient (Wildman–Crippen LogP) is 2.32. The summed E-state index contributed by atoms with van der Waals surface area (Å²) in [6, 6.07) is 16.5. The van der Waals surface area contributed by atoms with Gasteiger partial charge in [-0.25, -0.2) is 4.79 Å². The summed E-state index contributed by atoms with van der Waals surface area (Å²) in [5.74, 6) is -0.265. The van der Waals surface area contributed by atoms with E-state index in [1.54, 1.807) is 19.1 Å². The summed E-state index contributed by atoms with van der Waals surface area (Å²) in [5.41, 5.74) is 0.774. The lowest BCUT2D eigenvalue weighted by Gasteiger charge is -2.13. The highest BCUT2D eigenvalue weighted by atomic mass is 16.2. The molecule has 0 aliphatic heterocycles. The van der Waals surface area contributed by atoms with Crippen molar-refractivity contribution in [2.75, 3.05) is 6.54 Å². The standard InChI is InChI=1S/C22H24N4O3/c1-4-23-20(27)19-21(28)25(14-16-8-6-5-7-9-16)22(29)26(24-19)18-12-10-17(11-13-18)15(2)3/h5-13,15H,4,14H2,1-3H3,(H,23,27). The fourth-order valence-corrected chi connectivity index (χ4v) is 2.98. The highest BCUT2D eigenvalue weighted by Crippen LogP contribution is 2.15. The smallest absolute Gasteiger partial charge is 0.351 e. The Morgan fingerprint density at radius 2 is 1.69 bits per heavy atom. The summed E-state index contributed by atoms with van der Waals surface area (Å²) < 4.78 is 2.16. The largest absolute Gasteiger partial charge is 0.352 e. The van der Waals surface area contributed by atoms with Crippen LogP contribution in [0.1, 0.15) is 48.3 Å². The zero-order chi connectivity index (χ0) is 21.0. The van der Waals surface area contributed by atoms with Gasteiger partial charge in [0.05, 0.1) is 12.2 Å². The molecule has 1 amide bonds. The highest BCUT2D eigenvalue weighted by Gasteiger charge is 2.20. The van der Waals surface area contributed by atoms with Gasteiger partial charge in [-0.15, -0.1) is 0 Å². The molecule has 3 aromatic rings. The van der Waals surface area contributed by atoms with E-state index >= 15 is 0 Å². The predicted molar refractivity (Wildman–Crippen MR) is 112 cm³/mol. The fourth-order valence-electron chi connectivity index (χ4n) is 2.98. The maximum absolute atomic E-state index is 13.1. The number of hydrogen-bond donors (Lipinski definition) is 1. The van der Waals surface area contributed by atoms with Crippen molar-refractivity contribution in [1.29, 1.82) is 0 Å². The Morgan fingerprint density at radius 3 is 2.28 bits per heavy atom. The molecule has 0 spiro atoms. The summed E-state index contributed by atoms with van der Waals surface area (Å²) in [5, 5.41) is 6.68. The summed E-state index contributed by atoms with van der Waals surface area (Å²) in [7, 11) is 0. The Balaban J connectivity index is 2.18. The number of benzene rings is 2. The van der Waals surface area contributed by atoms with Gasteiger partial charge in [-0.05, 0) is 36.1 Å². The monoisotopic (exact) mass is 392 g/mol. The topological polar surface area (TPSA) is 86.0 Å². The van der Waals surface area contributed by atoms with E-state index in [9.17, 15) is 14.4 Å². The Bertz CT molecular complexity index is 1110. The molecule has 150 valence electrons. The van der Waals surface area contributed by atoms with Gasteiger partial charge in [0.15, 0.2) is 0 Å². The number of hydrogen-bond acceptors (Lipinski definition) is 4. The number of rotatable bonds is 6. The van der Waals surface area contributed by atoms with Gasteiger partial charge in [-0.1, -0.05) is 56.3 Å². The molecule has 3 rings (SSSR count). The second-order valence-electron chi connectivity index (χ2n) is 7.03. The summed E-state index contributed by atoms with van der Waals surface area (Å²) in [6.45, 7) is 6.30. The minimum absolute atomic E-state index is 0.0531. The number of carbonyl (C=O) groups is 1. The Hall–Kier alpha value is -3.48. The van der Waals surface area contributed by atoms with Crippen LogP contribution in [0.4, 0.5) is 0 Å². The normalized spacial score (nSPS) is 10.9. The van der Waals surface area contributed by atoms with E-state index in [2.05, 4.69) is 24.3 Å². The van der Waals surface area contributed by atoms with Crippen LogP contribution in [0.25, 0.3) is 5.69 Å². The Labute approximate surface area is 168 Å². The maximum Gasteiger partial charge on any atom is 0.352 e. The summed E-state index contributed by atoms with van der Waals surface area (Å²) >= 11 is 0. The van der Waals surface area contributed by atoms with Crippen LogP contribution in [0.15, 0.2) is 64.2 Å². The van der Waals surface area contributed by atoms with Crippen molar-refractivity contribution < 1.29 is 4.79 Å². The zero-order valence-corrected chi connectivity index (χ0v) is 16.8. The quantitative estimate of drug-likeness (QED) is 0.698. The average Bonchev–Trinajstić information content (AvgIpc) is 2.72. The lowest BCUT2D eigenvalue weighted by Crippen LogP contribution is -2.46. The van der Waals surface area contributed by atoms with Gasteiger partial charge in [-0.3, -0.25) is 14.2 Å². The third kappa shape index (κ3) is 4.34. The number of nitrogens with one attached hydrogen (secondary N) is 1. The zero-order valence-electron chi connectivity index (χ0n) is 16.8. The van der Waals surface area contributed by atoms with Crippen LogP contribution in [0.3, 0.4) is 0 Å². The molecular formula is C22H24N4O3. The van der Waals surface area contributed by atoms with Crippen molar-refractivity contribution in [3.63, 3.8) is 0 Å². The first-order chi connectivity index (χ1) is 13.9. The average molecular weight is 392 g/mol. The molecular weight excluding hydrogens is 368 g/mol. The molecule has 0 atom stereocenters. The molecule has 0 fully saturated rings. The molecule has 2 aromatic carbocycles. The molecule has 0 radical (unpaired) electrons. The van der Waals surface area contributed by atoms with E-state index in [1.165, 1.54) is 0 Å². The van der Waals surface area contributed by atoms with Gasteiger partial charge in [0.1, 0.15) is 0 Å². The molecule has 1 aromatic heterocycles. The van der Waals surface area contributed by atoms with Crippen LogP contribution in [0, 0.1) is 0 Å². The van der Waals surface area contributed by atoms with E-state index in [-0.39, 0.29) is 12.2 Å². The Morgan fingerprint density at radius 1 is 1.03 bits per heavy atom. The molecule has 1 N–H and O–H groups in total. The lowest BCUT2D eigenvalue weighted by molar-refractivity contribution is 0.0946. The number of aromatic nitrogens is 3. The van der Waals surface area contributed by atoms with E-state index in [0.29, 0.717) is 18.2 Å². The van der Waals surface area contributed by atoms with Gasteiger partial charge in [0.2, 0.25) is 5.69 Å². The van der Waals surface area contributed by atoms with Crippen LogP contribution in [-0.4, -0.2) is 26.8 Å². The van der Waals surface area contributed by atoms with E-state index in [4.69, 9.17) is 0 Å². The van der Waals surface area contributed by atoms with Crippen LogP contribution in [0.2, 0.25) is 0 Å². The van der Waals surface area contributed by atoms with Gasteiger partial charge in [0, 0.05) is 6.54 Å². The third-order valence-electron chi connectivity index (χ3n) is 4.60.